The second kappa shape index (κ2) is 7.82. The maximum atomic E-state index is 12.7. The van der Waals surface area contributed by atoms with Crippen LogP contribution in [0, 0.1) is 13.8 Å². The van der Waals surface area contributed by atoms with Gasteiger partial charge in [0.2, 0.25) is 5.60 Å². The van der Waals surface area contributed by atoms with Gasteiger partial charge in [0.1, 0.15) is 0 Å². The lowest BCUT2D eigenvalue weighted by molar-refractivity contribution is -0.187. The number of esters is 2. The van der Waals surface area contributed by atoms with Crippen LogP contribution in [-0.4, -0.2) is 24.1 Å². The van der Waals surface area contributed by atoms with Gasteiger partial charge in [-0.2, -0.15) is 0 Å². The number of carbonyl (C=O) groups is 2. The average molecular weight is 332 g/mol. The van der Waals surface area contributed by atoms with E-state index in [1.165, 1.54) is 0 Å². The van der Waals surface area contributed by atoms with Gasteiger partial charge in [-0.15, -0.1) is 0 Å². The SMILES string of the molecule is CCOC(=O)C1(OC(=O)C(C)c2ccc(C)cc2C)CCCCC1. The van der Waals surface area contributed by atoms with Gasteiger partial charge in [-0.1, -0.05) is 30.2 Å². The molecule has 1 aliphatic rings. The molecular formula is C20H28O4. The maximum absolute atomic E-state index is 12.7. The molecule has 0 heterocycles. The van der Waals surface area contributed by atoms with Gasteiger partial charge in [-0.25, -0.2) is 4.79 Å². The molecule has 0 aromatic heterocycles. The van der Waals surface area contributed by atoms with Gasteiger partial charge in [0.15, 0.2) is 0 Å². The van der Waals surface area contributed by atoms with Crippen molar-refractivity contribution >= 4 is 11.9 Å². The minimum Gasteiger partial charge on any atom is -0.463 e. The van der Waals surface area contributed by atoms with E-state index >= 15 is 0 Å². The smallest absolute Gasteiger partial charge is 0.350 e. The Morgan fingerprint density at radius 3 is 2.42 bits per heavy atom. The Hall–Kier alpha value is -1.84. The first-order chi connectivity index (χ1) is 11.4. The van der Waals surface area contributed by atoms with Crippen LogP contribution in [0.2, 0.25) is 0 Å². The number of aryl methyl sites for hydroxylation is 2. The van der Waals surface area contributed by atoms with Crippen molar-refractivity contribution in [3.8, 4) is 0 Å². The molecule has 0 bridgehead atoms. The first kappa shape index (κ1) is 18.5. The van der Waals surface area contributed by atoms with E-state index in [1.807, 2.05) is 32.9 Å². The summed E-state index contributed by atoms with van der Waals surface area (Å²) < 4.78 is 11.0. The Balaban J connectivity index is 2.19. The number of ether oxygens (including phenoxy) is 2. The zero-order valence-corrected chi connectivity index (χ0v) is 15.2. The van der Waals surface area contributed by atoms with E-state index in [0.29, 0.717) is 19.4 Å². The number of carbonyl (C=O) groups excluding carboxylic acids is 2. The summed E-state index contributed by atoms with van der Waals surface area (Å²) >= 11 is 0. The summed E-state index contributed by atoms with van der Waals surface area (Å²) in [4.78, 5) is 25.2. The molecule has 1 fully saturated rings. The molecule has 0 N–H and O–H groups in total. The molecule has 0 aliphatic heterocycles. The van der Waals surface area contributed by atoms with Crippen molar-refractivity contribution in [2.24, 2.45) is 0 Å². The van der Waals surface area contributed by atoms with Gasteiger partial charge in [-0.05, 0) is 64.5 Å². The highest BCUT2D eigenvalue weighted by atomic mass is 16.6. The Kier molecular flexibility index (Phi) is 6.03. The predicted molar refractivity (Wildman–Crippen MR) is 92.9 cm³/mol. The Labute approximate surface area is 144 Å². The van der Waals surface area contributed by atoms with Gasteiger partial charge in [0, 0.05) is 0 Å². The fourth-order valence-electron chi connectivity index (χ4n) is 3.45. The van der Waals surface area contributed by atoms with Crippen LogP contribution in [0.3, 0.4) is 0 Å². The average Bonchev–Trinajstić information content (AvgIpc) is 2.55. The largest absolute Gasteiger partial charge is 0.463 e. The molecule has 24 heavy (non-hydrogen) atoms. The van der Waals surface area contributed by atoms with Crippen molar-refractivity contribution in [2.75, 3.05) is 6.61 Å². The summed E-state index contributed by atoms with van der Waals surface area (Å²) in [6, 6.07) is 6.02. The Bertz CT molecular complexity index is 600. The Morgan fingerprint density at radius 1 is 1.17 bits per heavy atom. The van der Waals surface area contributed by atoms with Gasteiger partial charge >= 0.3 is 11.9 Å². The first-order valence-corrected chi connectivity index (χ1v) is 8.87. The monoisotopic (exact) mass is 332 g/mol. The molecule has 1 unspecified atom stereocenters. The fraction of sp³-hybridized carbons (Fsp3) is 0.600. The molecule has 1 aliphatic carbocycles. The summed E-state index contributed by atoms with van der Waals surface area (Å²) in [6.45, 7) is 7.92. The quantitative estimate of drug-likeness (QED) is 0.758. The minimum atomic E-state index is -1.10. The molecule has 0 amide bonds. The summed E-state index contributed by atoms with van der Waals surface area (Å²) in [6.07, 6.45) is 3.92. The van der Waals surface area contributed by atoms with Crippen LogP contribution in [0.1, 0.15) is 68.6 Å². The number of benzene rings is 1. The minimum absolute atomic E-state index is 0.296. The van der Waals surface area contributed by atoms with Crippen LogP contribution < -0.4 is 0 Å². The normalized spacial score (nSPS) is 17.8. The number of rotatable bonds is 5. The predicted octanol–water partition coefficient (Wildman–Crippen LogP) is 4.22. The molecule has 2 rings (SSSR count). The van der Waals surface area contributed by atoms with E-state index in [0.717, 1.165) is 36.0 Å². The van der Waals surface area contributed by atoms with Crippen LogP contribution in [0.4, 0.5) is 0 Å². The molecule has 4 heteroatoms. The third-order valence-electron chi connectivity index (χ3n) is 4.85. The maximum Gasteiger partial charge on any atom is 0.350 e. The lowest BCUT2D eigenvalue weighted by Gasteiger charge is -2.35. The molecular weight excluding hydrogens is 304 g/mol. The van der Waals surface area contributed by atoms with Crippen LogP contribution in [0.25, 0.3) is 0 Å². The van der Waals surface area contributed by atoms with Crippen LogP contribution in [0.15, 0.2) is 18.2 Å². The van der Waals surface area contributed by atoms with Gasteiger partial charge in [0.05, 0.1) is 12.5 Å². The number of hydrogen-bond donors (Lipinski definition) is 0. The summed E-state index contributed by atoms with van der Waals surface area (Å²) in [5.74, 6) is -1.15. The number of hydrogen-bond acceptors (Lipinski definition) is 4. The van der Waals surface area contributed by atoms with Crippen LogP contribution in [-0.2, 0) is 19.1 Å². The summed E-state index contributed by atoms with van der Waals surface area (Å²) in [7, 11) is 0. The van der Waals surface area contributed by atoms with Crippen molar-refractivity contribution in [1.82, 2.24) is 0 Å². The van der Waals surface area contributed by atoms with Crippen molar-refractivity contribution in [2.45, 2.75) is 71.3 Å². The van der Waals surface area contributed by atoms with E-state index < -0.39 is 17.5 Å². The first-order valence-electron chi connectivity index (χ1n) is 8.87. The van der Waals surface area contributed by atoms with E-state index in [9.17, 15) is 9.59 Å². The highest BCUT2D eigenvalue weighted by Gasteiger charge is 2.45. The zero-order valence-electron chi connectivity index (χ0n) is 15.2. The third kappa shape index (κ3) is 3.97. The molecule has 1 saturated carbocycles. The highest BCUT2D eigenvalue weighted by Crippen LogP contribution is 2.35. The molecule has 132 valence electrons. The third-order valence-corrected chi connectivity index (χ3v) is 4.85. The topological polar surface area (TPSA) is 52.6 Å². The molecule has 0 radical (unpaired) electrons. The zero-order chi connectivity index (χ0) is 17.7. The second-order valence-corrected chi connectivity index (χ2v) is 6.78. The molecule has 0 saturated heterocycles. The Morgan fingerprint density at radius 2 is 1.83 bits per heavy atom. The molecule has 0 spiro atoms. The second-order valence-electron chi connectivity index (χ2n) is 6.78. The lowest BCUT2D eigenvalue weighted by Crippen LogP contribution is -2.46. The van der Waals surface area contributed by atoms with Gasteiger partial charge in [-0.3, -0.25) is 4.79 Å². The standard InChI is InChI=1S/C20H28O4/c1-5-23-19(22)20(11-7-6-8-12-20)24-18(21)16(4)17-10-9-14(2)13-15(17)3/h9-10,13,16H,5-8,11-12H2,1-4H3. The highest BCUT2D eigenvalue weighted by molar-refractivity contribution is 5.86. The molecule has 1 aromatic rings. The molecule has 4 nitrogen and oxygen atoms in total. The van der Waals surface area contributed by atoms with Gasteiger partial charge in [0.25, 0.3) is 0 Å². The van der Waals surface area contributed by atoms with Crippen molar-refractivity contribution in [1.29, 1.82) is 0 Å². The molecule has 1 atom stereocenters. The van der Waals surface area contributed by atoms with Crippen LogP contribution >= 0.6 is 0 Å². The van der Waals surface area contributed by atoms with Crippen molar-refractivity contribution in [3.05, 3.63) is 34.9 Å². The van der Waals surface area contributed by atoms with E-state index in [1.54, 1.807) is 6.92 Å². The van der Waals surface area contributed by atoms with Crippen molar-refractivity contribution in [3.63, 3.8) is 0 Å². The van der Waals surface area contributed by atoms with Crippen LogP contribution in [0.5, 0.6) is 0 Å². The lowest BCUT2D eigenvalue weighted by atomic mass is 9.84. The van der Waals surface area contributed by atoms with E-state index in [4.69, 9.17) is 9.47 Å². The van der Waals surface area contributed by atoms with E-state index in [2.05, 4.69) is 6.07 Å². The summed E-state index contributed by atoms with van der Waals surface area (Å²) in [5.41, 5.74) is 2.07. The van der Waals surface area contributed by atoms with Crippen molar-refractivity contribution < 1.29 is 19.1 Å². The molecule has 1 aromatic carbocycles. The fourth-order valence-corrected chi connectivity index (χ4v) is 3.45. The van der Waals surface area contributed by atoms with E-state index in [-0.39, 0.29) is 5.97 Å². The van der Waals surface area contributed by atoms with Gasteiger partial charge < -0.3 is 9.47 Å². The summed E-state index contributed by atoms with van der Waals surface area (Å²) in [5, 5.41) is 0.